The molecule has 1 N–H and O–H groups in total. The summed E-state index contributed by atoms with van der Waals surface area (Å²) in [4.78, 5) is 12.1. The average Bonchev–Trinajstić information content (AvgIpc) is 2.53. The standard InChI is InChI=1S/C17H24FNO3S/c1-13-5-2-3-8-16(13)22-10-9-19-17(20)12-23(21)15-7-4-6-14(18)11-15/h4,6-7,11,13,16H,2-3,5,8-10,12H2,1H3,(H,19,20)/t13-,16+,23-/m1/s1. The molecule has 0 heterocycles. The minimum Gasteiger partial charge on any atom is -0.376 e. The fourth-order valence-corrected chi connectivity index (χ4v) is 3.77. The minimum absolute atomic E-state index is 0.163. The molecule has 1 aliphatic carbocycles. The Labute approximate surface area is 139 Å². The van der Waals surface area contributed by atoms with Crippen molar-refractivity contribution in [3.63, 3.8) is 0 Å². The highest BCUT2D eigenvalue weighted by molar-refractivity contribution is 7.85. The fourth-order valence-electron chi connectivity index (χ4n) is 2.79. The first-order valence-electron chi connectivity index (χ1n) is 8.08. The molecule has 0 bridgehead atoms. The second-order valence-electron chi connectivity index (χ2n) is 5.97. The van der Waals surface area contributed by atoms with Gasteiger partial charge in [0.1, 0.15) is 11.6 Å². The van der Waals surface area contributed by atoms with E-state index in [1.54, 1.807) is 6.07 Å². The Morgan fingerprint density at radius 3 is 2.91 bits per heavy atom. The van der Waals surface area contributed by atoms with E-state index < -0.39 is 16.6 Å². The van der Waals surface area contributed by atoms with E-state index in [-0.39, 0.29) is 17.8 Å². The van der Waals surface area contributed by atoms with E-state index in [2.05, 4.69) is 12.2 Å². The molecular weight excluding hydrogens is 317 g/mol. The van der Waals surface area contributed by atoms with Crippen molar-refractivity contribution in [2.24, 2.45) is 5.92 Å². The van der Waals surface area contributed by atoms with Gasteiger partial charge in [0.2, 0.25) is 5.91 Å². The summed E-state index contributed by atoms with van der Waals surface area (Å²) in [6.07, 6.45) is 5.03. The quantitative estimate of drug-likeness (QED) is 0.776. The summed E-state index contributed by atoms with van der Waals surface area (Å²) in [6, 6.07) is 5.51. The Hall–Kier alpha value is -1.27. The third kappa shape index (κ3) is 6.03. The third-order valence-electron chi connectivity index (χ3n) is 4.11. The van der Waals surface area contributed by atoms with Crippen molar-refractivity contribution in [1.82, 2.24) is 5.32 Å². The van der Waals surface area contributed by atoms with Gasteiger partial charge >= 0.3 is 0 Å². The number of nitrogens with one attached hydrogen (secondary N) is 1. The summed E-state index contributed by atoms with van der Waals surface area (Å²) in [7, 11) is -1.53. The van der Waals surface area contributed by atoms with Crippen molar-refractivity contribution in [3.8, 4) is 0 Å². The van der Waals surface area contributed by atoms with Gasteiger partial charge in [-0.3, -0.25) is 9.00 Å². The number of amides is 1. The van der Waals surface area contributed by atoms with Gasteiger partial charge in [-0.1, -0.05) is 25.8 Å². The molecule has 0 saturated heterocycles. The first-order valence-corrected chi connectivity index (χ1v) is 9.40. The Morgan fingerprint density at radius 1 is 1.39 bits per heavy atom. The highest BCUT2D eigenvalue weighted by Gasteiger charge is 2.21. The van der Waals surface area contributed by atoms with E-state index in [4.69, 9.17) is 4.74 Å². The summed E-state index contributed by atoms with van der Waals surface area (Å²) in [5.41, 5.74) is 0. The van der Waals surface area contributed by atoms with E-state index in [0.29, 0.717) is 24.0 Å². The number of hydrogen-bond donors (Lipinski definition) is 1. The second kappa shape index (κ2) is 9.13. The molecule has 128 valence electrons. The highest BCUT2D eigenvalue weighted by atomic mass is 32.2. The van der Waals surface area contributed by atoms with E-state index in [1.165, 1.54) is 37.5 Å². The van der Waals surface area contributed by atoms with Crippen LogP contribution in [0.2, 0.25) is 0 Å². The lowest BCUT2D eigenvalue weighted by atomic mass is 9.88. The van der Waals surface area contributed by atoms with Gasteiger partial charge in [-0.2, -0.15) is 0 Å². The smallest absolute Gasteiger partial charge is 0.233 e. The molecule has 23 heavy (non-hydrogen) atoms. The van der Waals surface area contributed by atoms with Gasteiger partial charge in [0, 0.05) is 11.4 Å². The molecule has 2 rings (SSSR count). The number of halogens is 1. The Morgan fingerprint density at radius 2 is 2.17 bits per heavy atom. The van der Waals surface area contributed by atoms with Crippen molar-refractivity contribution < 1.29 is 18.1 Å². The van der Waals surface area contributed by atoms with Gasteiger partial charge in [-0.15, -0.1) is 0 Å². The first kappa shape index (κ1) is 18.1. The zero-order valence-corrected chi connectivity index (χ0v) is 14.2. The van der Waals surface area contributed by atoms with Crippen molar-refractivity contribution >= 4 is 16.7 Å². The maximum Gasteiger partial charge on any atom is 0.233 e. The molecule has 6 heteroatoms. The Kier molecular flexibility index (Phi) is 7.17. The van der Waals surface area contributed by atoms with Crippen LogP contribution < -0.4 is 5.32 Å². The molecule has 1 fully saturated rings. The summed E-state index contributed by atoms with van der Waals surface area (Å²) in [5, 5.41) is 2.70. The van der Waals surface area contributed by atoms with Crippen LogP contribution in [0.5, 0.6) is 0 Å². The van der Waals surface area contributed by atoms with Crippen molar-refractivity contribution in [3.05, 3.63) is 30.1 Å². The van der Waals surface area contributed by atoms with Crippen LogP contribution >= 0.6 is 0 Å². The lowest BCUT2D eigenvalue weighted by Crippen LogP contribution is -2.33. The summed E-state index contributed by atoms with van der Waals surface area (Å²) < 4.78 is 30.9. The maximum absolute atomic E-state index is 13.1. The number of hydrogen-bond acceptors (Lipinski definition) is 3. The van der Waals surface area contributed by atoms with Gasteiger partial charge in [0.05, 0.1) is 23.5 Å². The van der Waals surface area contributed by atoms with Crippen molar-refractivity contribution in [2.75, 3.05) is 18.9 Å². The van der Waals surface area contributed by atoms with Crippen molar-refractivity contribution in [2.45, 2.75) is 43.6 Å². The Bertz CT molecular complexity index is 552. The molecule has 0 radical (unpaired) electrons. The van der Waals surface area contributed by atoms with Crippen LogP contribution in [0.1, 0.15) is 32.6 Å². The van der Waals surface area contributed by atoms with Gasteiger partial charge in [-0.25, -0.2) is 4.39 Å². The number of carbonyl (C=O) groups excluding carboxylic acids is 1. The summed E-state index contributed by atoms with van der Waals surface area (Å²) >= 11 is 0. The lowest BCUT2D eigenvalue weighted by Gasteiger charge is -2.28. The monoisotopic (exact) mass is 341 g/mol. The summed E-state index contributed by atoms with van der Waals surface area (Å²) in [5.74, 6) is -0.359. The summed E-state index contributed by atoms with van der Waals surface area (Å²) in [6.45, 7) is 3.07. The number of carbonyl (C=O) groups is 1. The maximum atomic E-state index is 13.1. The average molecular weight is 341 g/mol. The lowest BCUT2D eigenvalue weighted by molar-refractivity contribution is -0.119. The minimum atomic E-state index is -1.53. The zero-order chi connectivity index (χ0) is 16.7. The van der Waals surface area contributed by atoms with Crippen LogP contribution in [0, 0.1) is 11.7 Å². The molecule has 0 spiro atoms. The largest absolute Gasteiger partial charge is 0.376 e. The van der Waals surface area contributed by atoms with Crippen LogP contribution in [0.25, 0.3) is 0 Å². The number of rotatable bonds is 7. The molecule has 1 aromatic carbocycles. The van der Waals surface area contributed by atoms with Crippen LogP contribution in [0.3, 0.4) is 0 Å². The molecule has 1 aliphatic rings. The van der Waals surface area contributed by atoms with Crippen LogP contribution in [0.4, 0.5) is 4.39 Å². The van der Waals surface area contributed by atoms with E-state index in [0.717, 1.165) is 6.42 Å². The first-order chi connectivity index (χ1) is 11.1. The van der Waals surface area contributed by atoms with Gasteiger partial charge in [0.25, 0.3) is 0 Å². The molecular formula is C17H24FNO3S. The van der Waals surface area contributed by atoms with Gasteiger partial charge in [-0.05, 0) is 37.0 Å². The van der Waals surface area contributed by atoms with Crippen LogP contribution in [0.15, 0.2) is 29.2 Å². The van der Waals surface area contributed by atoms with E-state index >= 15 is 0 Å². The molecule has 0 aliphatic heterocycles. The topological polar surface area (TPSA) is 55.4 Å². The number of ether oxygens (including phenoxy) is 1. The number of benzene rings is 1. The Balaban J connectivity index is 1.66. The van der Waals surface area contributed by atoms with Crippen LogP contribution in [-0.4, -0.2) is 35.1 Å². The predicted octanol–water partition coefficient (Wildman–Crippen LogP) is 2.64. The molecule has 0 unspecified atom stereocenters. The third-order valence-corrected chi connectivity index (χ3v) is 5.41. The second-order valence-corrected chi connectivity index (χ2v) is 7.42. The molecule has 1 amide bonds. The van der Waals surface area contributed by atoms with E-state index in [9.17, 15) is 13.4 Å². The van der Waals surface area contributed by atoms with E-state index in [1.807, 2.05) is 0 Å². The fraction of sp³-hybridized carbons (Fsp3) is 0.588. The van der Waals surface area contributed by atoms with Gasteiger partial charge < -0.3 is 10.1 Å². The van der Waals surface area contributed by atoms with Gasteiger partial charge in [0.15, 0.2) is 0 Å². The molecule has 1 saturated carbocycles. The van der Waals surface area contributed by atoms with Crippen LogP contribution in [-0.2, 0) is 20.3 Å². The van der Waals surface area contributed by atoms with Crippen molar-refractivity contribution in [1.29, 1.82) is 0 Å². The normalized spacial score (nSPS) is 22.5. The highest BCUT2D eigenvalue weighted by Crippen LogP contribution is 2.25. The molecule has 0 aromatic heterocycles. The SMILES string of the molecule is C[C@@H]1CCCC[C@@H]1OCCNC(=O)C[S@@](=O)c1cccc(F)c1. The molecule has 3 atom stereocenters. The molecule has 4 nitrogen and oxygen atoms in total. The molecule has 1 aromatic rings. The predicted molar refractivity (Wildman–Crippen MR) is 88.1 cm³/mol. The zero-order valence-electron chi connectivity index (χ0n) is 13.4.